The molecule has 1 saturated carbocycles. The maximum Gasteiger partial charge on any atom is 0.252 e. The Labute approximate surface area is 124 Å². The highest BCUT2D eigenvalue weighted by Crippen LogP contribution is 2.49. The summed E-state index contributed by atoms with van der Waals surface area (Å²) in [4.78, 5) is 17.6. The first-order chi connectivity index (χ1) is 10.1. The van der Waals surface area contributed by atoms with Crippen molar-refractivity contribution in [2.45, 2.75) is 18.3 Å². The molecule has 0 aliphatic heterocycles. The summed E-state index contributed by atoms with van der Waals surface area (Å²) in [6.07, 6.45) is 5.59. The number of hydrogen-bond donors (Lipinski definition) is 1. The van der Waals surface area contributed by atoms with Crippen LogP contribution < -0.4 is 10.6 Å². The van der Waals surface area contributed by atoms with E-state index in [1.54, 1.807) is 6.20 Å². The van der Waals surface area contributed by atoms with Crippen molar-refractivity contribution in [2.24, 2.45) is 5.73 Å². The molecule has 1 heterocycles. The van der Waals surface area contributed by atoms with Gasteiger partial charge in [-0.3, -0.25) is 9.78 Å². The molecule has 3 rings (SSSR count). The second-order valence-electron chi connectivity index (χ2n) is 5.76. The number of hydrogen-bond acceptors (Lipinski definition) is 3. The zero-order valence-electron chi connectivity index (χ0n) is 12.1. The molecule has 0 atom stereocenters. The van der Waals surface area contributed by atoms with Crippen LogP contribution in [0, 0.1) is 0 Å². The number of carbonyl (C=O) groups is 1. The van der Waals surface area contributed by atoms with Gasteiger partial charge in [0.05, 0.1) is 11.3 Å². The van der Waals surface area contributed by atoms with E-state index in [4.69, 9.17) is 5.73 Å². The van der Waals surface area contributed by atoms with Crippen molar-refractivity contribution in [3.8, 4) is 0 Å². The van der Waals surface area contributed by atoms with E-state index in [2.05, 4.69) is 34.1 Å². The Morgan fingerprint density at radius 1 is 1.29 bits per heavy atom. The first-order valence-corrected chi connectivity index (χ1v) is 7.13. The van der Waals surface area contributed by atoms with Gasteiger partial charge in [-0.15, -0.1) is 0 Å². The summed E-state index contributed by atoms with van der Waals surface area (Å²) in [7, 11) is 2.00. The van der Waals surface area contributed by atoms with Gasteiger partial charge in [-0.1, -0.05) is 30.3 Å². The van der Waals surface area contributed by atoms with Gasteiger partial charge in [0.2, 0.25) is 0 Å². The topological polar surface area (TPSA) is 59.2 Å². The van der Waals surface area contributed by atoms with E-state index in [0.717, 1.165) is 12.2 Å². The summed E-state index contributed by atoms with van der Waals surface area (Å²) in [5, 5.41) is 0. The molecule has 1 aromatic heterocycles. The minimum atomic E-state index is -0.436. The van der Waals surface area contributed by atoms with E-state index in [9.17, 15) is 4.79 Å². The van der Waals surface area contributed by atoms with Crippen LogP contribution in [0.5, 0.6) is 0 Å². The van der Waals surface area contributed by atoms with Gasteiger partial charge in [-0.25, -0.2) is 0 Å². The van der Waals surface area contributed by atoms with Crippen molar-refractivity contribution >= 4 is 11.6 Å². The van der Waals surface area contributed by atoms with Crippen LogP contribution >= 0.6 is 0 Å². The van der Waals surface area contributed by atoms with Gasteiger partial charge < -0.3 is 10.6 Å². The third kappa shape index (κ3) is 2.61. The fourth-order valence-corrected chi connectivity index (χ4v) is 2.93. The van der Waals surface area contributed by atoms with E-state index in [1.165, 1.54) is 24.6 Å². The van der Waals surface area contributed by atoms with Crippen LogP contribution in [0.25, 0.3) is 0 Å². The molecule has 2 N–H and O–H groups in total. The number of nitrogens with two attached hydrogens (primary N) is 1. The fourth-order valence-electron chi connectivity index (χ4n) is 2.93. The minimum Gasteiger partial charge on any atom is -0.373 e. The lowest BCUT2D eigenvalue weighted by atomic mass is 9.95. The molecule has 0 spiro atoms. The molecule has 0 unspecified atom stereocenters. The quantitative estimate of drug-likeness (QED) is 0.915. The number of amides is 1. The maximum atomic E-state index is 11.5. The van der Waals surface area contributed by atoms with Crippen molar-refractivity contribution < 1.29 is 4.79 Å². The molecule has 1 aliphatic carbocycles. The molecule has 4 nitrogen and oxygen atoms in total. The van der Waals surface area contributed by atoms with Crippen molar-refractivity contribution in [1.82, 2.24) is 4.98 Å². The predicted molar refractivity (Wildman–Crippen MR) is 83.4 cm³/mol. The lowest BCUT2D eigenvalue weighted by molar-refractivity contribution is 0.100. The number of carbonyl (C=O) groups excluding carboxylic acids is 1. The van der Waals surface area contributed by atoms with Crippen LogP contribution in [0.15, 0.2) is 48.8 Å². The highest BCUT2D eigenvalue weighted by atomic mass is 16.1. The monoisotopic (exact) mass is 281 g/mol. The maximum absolute atomic E-state index is 11.5. The normalized spacial score (nSPS) is 15.5. The van der Waals surface area contributed by atoms with Gasteiger partial charge in [0, 0.05) is 31.4 Å². The largest absolute Gasteiger partial charge is 0.373 e. The summed E-state index contributed by atoms with van der Waals surface area (Å²) >= 11 is 0. The zero-order chi connectivity index (χ0) is 14.9. The van der Waals surface area contributed by atoms with Crippen LogP contribution in [-0.2, 0) is 5.41 Å². The average Bonchev–Trinajstić information content (AvgIpc) is 3.29. The molecule has 1 aliphatic rings. The number of anilines is 1. The van der Waals surface area contributed by atoms with Crippen LogP contribution in [0.4, 0.5) is 5.69 Å². The number of benzene rings is 1. The third-order valence-corrected chi connectivity index (χ3v) is 4.25. The van der Waals surface area contributed by atoms with Crippen molar-refractivity contribution in [3.05, 3.63) is 59.9 Å². The van der Waals surface area contributed by atoms with Crippen molar-refractivity contribution in [1.29, 1.82) is 0 Å². The Hall–Kier alpha value is -2.36. The minimum absolute atomic E-state index is 0.203. The van der Waals surface area contributed by atoms with Crippen molar-refractivity contribution in [3.63, 3.8) is 0 Å². The van der Waals surface area contributed by atoms with Gasteiger partial charge in [0.25, 0.3) is 5.91 Å². The Morgan fingerprint density at radius 3 is 2.62 bits per heavy atom. The van der Waals surface area contributed by atoms with Gasteiger partial charge in [-0.05, 0) is 24.5 Å². The summed E-state index contributed by atoms with van der Waals surface area (Å²) in [5.74, 6) is -0.436. The number of rotatable bonds is 5. The van der Waals surface area contributed by atoms with E-state index in [0.29, 0.717) is 5.56 Å². The predicted octanol–water partition coefficient (Wildman–Crippen LogP) is 2.35. The lowest BCUT2D eigenvalue weighted by Gasteiger charge is -2.27. The molecule has 4 heteroatoms. The number of nitrogens with zero attached hydrogens (tertiary/aromatic N) is 2. The first kappa shape index (κ1) is 13.6. The molecule has 1 aromatic carbocycles. The summed E-state index contributed by atoms with van der Waals surface area (Å²) in [6, 6.07) is 12.4. The van der Waals surface area contributed by atoms with Gasteiger partial charge in [-0.2, -0.15) is 0 Å². The molecule has 108 valence electrons. The summed E-state index contributed by atoms with van der Waals surface area (Å²) in [5.41, 5.74) is 8.33. The molecular weight excluding hydrogens is 262 g/mol. The van der Waals surface area contributed by atoms with Crippen LogP contribution in [0.3, 0.4) is 0 Å². The van der Waals surface area contributed by atoms with Gasteiger partial charge in [0.1, 0.15) is 0 Å². The Balaban J connectivity index is 1.85. The Bertz CT molecular complexity index is 650. The standard InChI is InChI=1S/C17H19N3O/c1-20(15-7-10-19-11-14(15)16(18)21)12-17(8-9-17)13-5-3-2-4-6-13/h2-7,10-11H,8-9,12H2,1H3,(H2,18,21). The van der Waals surface area contributed by atoms with Gasteiger partial charge in [0.15, 0.2) is 0 Å². The third-order valence-electron chi connectivity index (χ3n) is 4.25. The van der Waals surface area contributed by atoms with E-state index in [1.807, 2.05) is 19.2 Å². The number of pyridine rings is 1. The first-order valence-electron chi connectivity index (χ1n) is 7.13. The smallest absolute Gasteiger partial charge is 0.252 e. The second kappa shape index (κ2) is 5.20. The lowest BCUT2D eigenvalue weighted by Crippen LogP contribution is -2.31. The summed E-state index contributed by atoms with van der Waals surface area (Å²) in [6.45, 7) is 0.876. The molecule has 21 heavy (non-hydrogen) atoms. The number of likely N-dealkylation sites (N-methyl/N-ethyl adjacent to an activating group) is 1. The molecule has 2 aromatic rings. The highest BCUT2D eigenvalue weighted by Gasteiger charge is 2.45. The molecule has 1 fully saturated rings. The van der Waals surface area contributed by atoms with Crippen LogP contribution in [0.1, 0.15) is 28.8 Å². The van der Waals surface area contributed by atoms with Gasteiger partial charge >= 0.3 is 0 Å². The molecule has 1 amide bonds. The van der Waals surface area contributed by atoms with Crippen LogP contribution in [-0.4, -0.2) is 24.5 Å². The fraction of sp³-hybridized carbons (Fsp3) is 0.294. The van der Waals surface area contributed by atoms with E-state index < -0.39 is 5.91 Å². The molecule has 0 saturated heterocycles. The van der Waals surface area contributed by atoms with E-state index >= 15 is 0 Å². The number of aromatic nitrogens is 1. The molecular formula is C17H19N3O. The second-order valence-corrected chi connectivity index (χ2v) is 5.76. The highest BCUT2D eigenvalue weighted by molar-refractivity contribution is 5.98. The number of primary amides is 1. The summed E-state index contributed by atoms with van der Waals surface area (Å²) < 4.78 is 0. The van der Waals surface area contributed by atoms with E-state index in [-0.39, 0.29) is 5.41 Å². The Morgan fingerprint density at radius 2 is 2.00 bits per heavy atom. The molecule has 0 radical (unpaired) electrons. The van der Waals surface area contributed by atoms with Crippen molar-refractivity contribution in [2.75, 3.05) is 18.5 Å². The Kier molecular flexibility index (Phi) is 3.37. The molecule has 0 bridgehead atoms. The SMILES string of the molecule is CN(CC1(c2ccccc2)CC1)c1ccncc1C(N)=O. The average molecular weight is 281 g/mol. The zero-order valence-corrected chi connectivity index (χ0v) is 12.1. The van der Waals surface area contributed by atoms with Crippen LogP contribution in [0.2, 0.25) is 0 Å².